The second kappa shape index (κ2) is 4.85. The van der Waals surface area contributed by atoms with Crippen LogP contribution >= 0.6 is 0 Å². The number of carbonyl (C=O) groups excluding carboxylic acids is 2. The molecule has 7 nitrogen and oxygen atoms in total. The fourth-order valence-corrected chi connectivity index (χ4v) is 1.92. The van der Waals surface area contributed by atoms with E-state index in [2.05, 4.69) is 15.7 Å². The number of imide groups is 1. The van der Waals surface area contributed by atoms with Gasteiger partial charge in [-0.15, -0.1) is 0 Å². The fraction of sp³-hybridized carbons (Fsp3) is 0.417. The van der Waals surface area contributed by atoms with E-state index in [-0.39, 0.29) is 18.5 Å². The number of rotatable bonds is 4. The Morgan fingerprint density at radius 3 is 2.68 bits per heavy atom. The number of nitrogens with one attached hydrogen (secondary N) is 2. The van der Waals surface area contributed by atoms with Gasteiger partial charge in [0.1, 0.15) is 11.4 Å². The van der Waals surface area contributed by atoms with Gasteiger partial charge in [-0.3, -0.25) is 9.69 Å². The van der Waals surface area contributed by atoms with Crippen molar-refractivity contribution in [2.45, 2.75) is 32.4 Å². The number of hydrogen-bond donors (Lipinski definition) is 3. The molecule has 7 heteroatoms. The van der Waals surface area contributed by atoms with Gasteiger partial charge >= 0.3 is 6.03 Å². The molecule has 2 rings (SSSR count). The number of amides is 3. The predicted molar refractivity (Wildman–Crippen MR) is 69.8 cm³/mol. The number of hydrogen-bond acceptors (Lipinski definition) is 5. The first kappa shape index (κ1) is 13.3. The minimum Gasteiger partial charge on any atom is -0.323 e. The quantitative estimate of drug-likeness (QED) is 0.419. The SMILES string of the molecule is CCC1(C)NC(=O)N(Cc2ccc(NN)nc2)C1=O. The topological polar surface area (TPSA) is 100 Å². The maximum absolute atomic E-state index is 12.2. The van der Waals surface area contributed by atoms with Crippen LogP contribution in [0.15, 0.2) is 18.3 Å². The third kappa shape index (κ3) is 2.37. The highest BCUT2D eigenvalue weighted by atomic mass is 16.2. The predicted octanol–water partition coefficient (Wildman–Crippen LogP) is 0.588. The van der Waals surface area contributed by atoms with Crippen LogP contribution in [0.25, 0.3) is 0 Å². The molecule has 0 aromatic carbocycles. The molecule has 1 aromatic rings. The lowest BCUT2D eigenvalue weighted by atomic mass is 9.99. The molecule has 19 heavy (non-hydrogen) atoms. The van der Waals surface area contributed by atoms with Crippen molar-refractivity contribution in [3.8, 4) is 0 Å². The van der Waals surface area contributed by atoms with Crippen LogP contribution in [0.4, 0.5) is 10.6 Å². The van der Waals surface area contributed by atoms with Gasteiger partial charge in [0.05, 0.1) is 6.54 Å². The largest absolute Gasteiger partial charge is 0.325 e. The van der Waals surface area contributed by atoms with Crippen molar-refractivity contribution in [3.63, 3.8) is 0 Å². The lowest BCUT2D eigenvalue weighted by Crippen LogP contribution is -2.43. The third-order valence-corrected chi connectivity index (χ3v) is 3.37. The Hall–Kier alpha value is -2.15. The van der Waals surface area contributed by atoms with Crippen LogP contribution in [0.2, 0.25) is 0 Å². The van der Waals surface area contributed by atoms with Gasteiger partial charge in [0, 0.05) is 6.20 Å². The highest BCUT2D eigenvalue weighted by Gasteiger charge is 2.46. The van der Waals surface area contributed by atoms with Gasteiger partial charge < -0.3 is 10.7 Å². The number of nitrogens with zero attached hydrogens (tertiary/aromatic N) is 2. The molecule has 1 saturated heterocycles. The number of anilines is 1. The molecule has 102 valence electrons. The zero-order valence-corrected chi connectivity index (χ0v) is 10.9. The molecule has 0 aliphatic carbocycles. The first-order valence-electron chi connectivity index (χ1n) is 6.06. The van der Waals surface area contributed by atoms with Gasteiger partial charge in [-0.2, -0.15) is 0 Å². The van der Waals surface area contributed by atoms with Crippen LogP contribution in [0.1, 0.15) is 25.8 Å². The first-order valence-corrected chi connectivity index (χ1v) is 6.06. The van der Waals surface area contributed by atoms with Gasteiger partial charge in [0.2, 0.25) is 0 Å². The molecule has 1 aliphatic rings. The smallest absolute Gasteiger partial charge is 0.323 e. The molecule has 0 radical (unpaired) electrons. The van der Waals surface area contributed by atoms with Crippen molar-refractivity contribution in [2.24, 2.45) is 5.84 Å². The minimum atomic E-state index is -0.802. The van der Waals surface area contributed by atoms with E-state index < -0.39 is 5.54 Å². The summed E-state index contributed by atoms with van der Waals surface area (Å²) in [5.74, 6) is 5.54. The zero-order chi connectivity index (χ0) is 14.0. The number of nitrogens with two attached hydrogens (primary N) is 1. The zero-order valence-electron chi connectivity index (χ0n) is 10.9. The molecule has 2 heterocycles. The monoisotopic (exact) mass is 263 g/mol. The summed E-state index contributed by atoms with van der Waals surface area (Å²) < 4.78 is 0. The Balaban J connectivity index is 2.14. The number of aromatic nitrogens is 1. The molecule has 0 bridgehead atoms. The Labute approximate surface area is 111 Å². The molecule has 4 N–H and O–H groups in total. The van der Waals surface area contributed by atoms with Crippen LogP contribution in [0.5, 0.6) is 0 Å². The fourth-order valence-electron chi connectivity index (χ4n) is 1.92. The van der Waals surface area contributed by atoms with E-state index in [4.69, 9.17) is 5.84 Å². The Kier molecular flexibility index (Phi) is 3.39. The maximum atomic E-state index is 12.2. The summed E-state index contributed by atoms with van der Waals surface area (Å²) in [6.07, 6.45) is 2.14. The van der Waals surface area contributed by atoms with Crippen molar-refractivity contribution in [1.29, 1.82) is 0 Å². The van der Waals surface area contributed by atoms with Crippen LogP contribution in [-0.2, 0) is 11.3 Å². The average molecular weight is 263 g/mol. The van der Waals surface area contributed by atoms with Crippen LogP contribution in [-0.4, -0.2) is 27.4 Å². The molecule has 1 aliphatic heterocycles. The standard InChI is InChI=1S/C12H17N5O2/c1-3-12(2)10(18)17(11(19)15-12)7-8-4-5-9(16-13)14-6-8/h4-6H,3,7,13H2,1-2H3,(H,14,16)(H,15,19). The summed E-state index contributed by atoms with van der Waals surface area (Å²) in [5, 5.41) is 2.71. The number of carbonyl (C=O) groups is 2. The summed E-state index contributed by atoms with van der Waals surface area (Å²) in [6, 6.07) is 3.09. The Morgan fingerprint density at radius 2 is 2.21 bits per heavy atom. The number of pyridine rings is 1. The Bertz CT molecular complexity index is 501. The van der Waals surface area contributed by atoms with E-state index in [1.54, 1.807) is 25.3 Å². The molecule has 1 unspecified atom stereocenters. The highest BCUT2D eigenvalue weighted by Crippen LogP contribution is 2.22. The highest BCUT2D eigenvalue weighted by molar-refractivity contribution is 6.06. The van der Waals surface area contributed by atoms with Crippen LogP contribution < -0.4 is 16.6 Å². The maximum Gasteiger partial charge on any atom is 0.325 e. The summed E-state index contributed by atoms with van der Waals surface area (Å²) in [4.78, 5) is 29.3. The van der Waals surface area contributed by atoms with Crippen LogP contribution in [0, 0.1) is 0 Å². The van der Waals surface area contributed by atoms with Gasteiger partial charge in [-0.05, 0) is 25.0 Å². The summed E-state index contributed by atoms with van der Waals surface area (Å²) >= 11 is 0. The van der Waals surface area contributed by atoms with Crippen molar-refractivity contribution in [2.75, 3.05) is 5.43 Å². The normalized spacial score (nSPS) is 22.6. The van der Waals surface area contributed by atoms with Gasteiger partial charge in [0.25, 0.3) is 5.91 Å². The van der Waals surface area contributed by atoms with E-state index in [0.29, 0.717) is 12.2 Å². The average Bonchev–Trinajstić information content (AvgIpc) is 2.64. The Morgan fingerprint density at radius 1 is 1.47 bits per heavy atom. The summed E-state index contributed by atoms with van der Waals surface area (Å²) in [7, 11) is 0. The first-order chi connectivity index (χ1) is 9.00. The second-order valence-corrected chi connectivity index (χ2v) is 4.70. The number of urea groups is 1. The number of nitrogen functional groups attached to an aromatic ring is 1. The third-order valence-electron chi connectivity index (χ3n) is 3.37. The molecule has 1 aromatic heterocycles. The van der Waals surface area contributed by atoms with E-state index in [1.807, 2.05) is 6.92 Å². The molecule has 0 spiro atoms. The lowest BCUT2D eigenvalue weighted by Gasteiger charge is -2.19. The van der Waals surface area contributed by atoms with Crippen molar-refractivity contribution in [3.05, 3.63) is 23.9 Å². The van der Waals surface area contributed by atoms with Crippen molar-refractivity contribution in [1.82, 2.24) is 15.2 Å². The van der Waals surface area contributed by atoms with Crippen molar-refractivity contribution >= 4 is 17.8 Å². The minimum absolute atomic E-state index is 0.206. The molecule has 1 fully saturated rings. The second-order valence-electron chi connectivity index (χ2n) is 4.70. The molecular formula is C12H17N5O2. The summed E-state index contributed by atoms with van der Waals surface area (Å²) in [5.41, 5.74) is 2.38. The van der Waals surface area contributed by atoms with E-state index in [1.165, 1.54) is 4.90 Å². The van der Waals surface area contributed by atoms with Crippen molar-refractivity contribution < 1.29 is 9.59 Å². The van der Waals surface area contributed by atoms with Gasteiger partial charge in [-0.25, -0.2) is 15.6 Å². The van der Waals surface area contributed by atoms with E-state index >= 15 is 0 Å². The van der Waals surface area contributed by atoms with Gasteiger partial charge in [0.15, 0.2) is 0 Å². The van der Waals surface area contributed by atoms with E-state index in [0.717, 1.165) is 5.56 Å². The molecule has 3 amide bonds. The molecular weight excluding hydrogens is 246 g/mol. The number of hydrazine groups is 1. The van der Waals surface area contributed by atoms with Gasteiger partial charge in [-0.1, -0.05) is 13.0 Å². The molecule has 1 atom stereocenters. The summed E-state index contributed by atoms with van der Waals surface area (Å²) in [6.45, 7) is 3.80. The van der Waals surface area contributed by atoms with E-state index in [9.17, 15) is 9.59 Å². The molecule has 0 saturated carbocycles. The van der Waals surface area contributed by atoms with Crippen LogP contribution in [0.3, 0.4) is 0 Å². The lowest BCUT2D eigenvalue weighted by molar-refractivity contribution is -0.131.